The van der Waals surface area contributed by atoms with Gasteiger partial charge in [0.15, 0.2) is 0 Å². The van der Waals surface area contributed by atoms with Crippen LogP contribution in [0.3, 0.4) is 0 Å². The quantitative estimate of drug-likeness (QED) is 0.167. The van der Waals surface area contributed by atoms with Gasteiger partial charge in [0.05, 0.1) is 24.2 Å². The van der Waals surface area contributed by atoms with E-state index >= 15 is 4.39 Å². The van der Waals surface area contributed by atoms with Gasteiger partial charge in [-0.3, -0.25) is 10.1 Å². The molecule has 0 saturated heterocycles. The Morgan fingerprint density at radius 3 is 2.39 bits per heavy atom. The summed E-state index contributed by atoms with van der Waals surface area (Å²) in [5.74, 6) is 0.341. The molecule has 11 heteroatoms. The third kappa shape index (κ3) is 8.34. The Kier molecular flexibility index (Phi) is 12.0. The van der Waals surface area contributed by atoms with E-state index in [1.165, 1.54) is 24.3 Å². The van der Waals surface area contributed by atoms with Gasteiger partial charge in [-0.1, -0.05) is 43.1 Å². The van der Waals surface area contributed by atoms with Gasteiger partial charge in [0.2, 0.25) is 9.84 Å². The smallest absolute Gasteiger partial charge is 0.253 e. The maximum atomic E-state index is 16.5. The van der Waals surface area contributed by atoms with Crippen LogP contribution in [-0.4, -0.2) is 57.1 Å². The topological polar surface area (TPSA) is 84.9 Å². The number of nitrogens with one attached hydrogen (secondary N) is 1. The molecule has 0 aliphatic heterocycles. The number of carbonyl (C=O) groups excluding carboxylic acids is 1. The maximum Gasteiger partial charge on any atom is 0.253 e. The molecule has 0 heterocycles. The van der Waals surface area contributed by atoms with Gasteiger partial charge in [-0.2, -0.15) is 0 Å². The minimum Gasteiger partial charge on any atom is -0.494 e. The summed E-state index contributed by atoms with van der Waals surface area (Å²) in [4.78, 5) is 14.2. The van der Waals surface area contributed by atoms with Crippen molar-refractivity contribution in [3.8, 4) is 11.5 Å². The standard InChI is InChI=1S/C35H39ClF2N2O5S/c1-4-5-22-44-29-15-11-26(12-16-29)34(41)40(3)21-8-23-45-32-10-7-6-9-31(32)25(2)39-33-24-28(37)19-20-35(33,38)46(42,43)30-17-13-27(36)14-18-30/h6-7,9-20,24-25,33,39H,4-5,8,21-23H2,1-3H3. The average Bonchev–Trinajstić information content (AvgIpc) is 3.05. The molecule has 0 bridgehead atoms. The lowest BCUT2D eigenvalue weighted by atomic mass is 10.0. The molecule has 7 nitrogen and oxygen atoms in total. The van der Waals surface area contributed by atoms with Crippen molar-refractivity contribution in [2.75, 3.05) is 26.8 Å². The van der Waals surface area contributed by atoms with Crippen LogP contribution in [-0.2, 0) is 9.84 Å². The number of amides is 1. The zero-order chi connectivity index (χ0) is 33.3. The number of benzene rings is 3. The van der Waals surface area contributed by atoms with Crippen molar-refractivity contribution in [3.63, 3.8) is 0 Å². The first-order valence-electron chi connectivity index (χ1n) is 15.2. The molecule has 46 heavy (non-hydrogen) atoms. The number of ether oxygens (including phenoxy) is 2. The fraction of sp³-hybridized carbons (Fsp3) is 0.343. The Hall–Kier alpha value is -3.73. The van der Waals surface area contributed by atoms with Crippen molar-refractivity contribution in [2.45, 2.75) is 55.1 Å². The molecule has 3 unspecified atom stereocenters. The molecule has 1 amide bonds. The molecule has 0 spiro atoms. The monoisotopic (exact) mass is 672 g/mol. The number of nitrogens with zero attached hydrogens (tertiary/aromatic N) is 1. The minimum absolute atomic E-state index is 0.122. The number of carbonyl (C=O) groups is 1. The highest BCUT2D eigenvalue weighted by Crippen LogP contribution is 2.38. The van der Waals surface area contributed by atoms with Gasteiger partial charge in [0.25, 0.3) is 10.9 Å². The molecular formula is C35H39ClF2N2O5S. The van der Waals surface area contributed by atoms with Crippen molar-refractivity contribution in [1.82, 2.24) is 10.2 Å². The lowest BCUT2D eigenvalue weighted by Crippen LogP contribution is -2.52. The summed E-state index contributed by atoms with van der Waals surface area (Å²) in [6.45, 7) is 5.17. The first-order valence-corrected chi connectivity index (χ1v) is 17.0. The zero-order valence-corrected chi connectivity index (χ0v) is 27.7. The van der Waals surface area contributed by atoms with Gasteiger partial charge in [-0.15, -0.1) is 0 Å². The second kappa shape index (κ2) is 15.7. The molecule has 0 aromatic heterocycles. The van der Waals surface area contributed by atoms with E-state index < -0.39 is 32.7 Å². The third-order valence-electron chi connectivity index (χ3n) is 7.68. The molecular weight excluding hydrogens is 634 g/mol. The second-order valence-corrected chi connectivity index (χ2v) is 13.6. The van der Waals surface area contributed by atoms with E-state index in [0.717, 1.165) is 36.8 Å². The summed E-state index contributed by atoms with van der Waals surface area (Å²) in [6.07, 6.45) is 5.01. The molecule has 4 rings (SSSR count). The molecule has 246 valence electrons. The fourth-order valence-corrected chi connectivity index (χ4v) is 6.70. The van der Waals surface area contributed by atoms with Crippen LogP contribution in [0, 0.1) is 0 Å². The molecule has 1 aliphatic carbocycles. The number of hydrogen-bond acceptors (Lipinski definition) is 6. The van der Waals surface area contributed by atoms with E-state index in [9.17, 15) is 17.6 Å². The molecule has 3 aromatic carbocycles. The van der Waals surface area contributed by atoms with Crippen molar-refractivity contribution in [3.05, 3.63) is 113 Å². The van der Waals surface area contributed by atoms with Gasteiger partial charge in [0.1, 0.15) is 17.3 Å². The third-order valence-corrected chi connectivity index (χ3v) is 10.0. The van der Waals surface area contributed by atoms with Crippen LogP contribution < -0.4 is 14.8 Å². The minimum atomic E-state index is -4.60. The van der Waals surface area contributed by atoms with Gasteiger partial charge in [-0.05, 0) is 92.6 Å². The average molecular weight is 673 g/mol. The van der Waals surface area contributed by atoms with E-state index in [2.05, 4.69) is 12.2 Å². The van der Waals surface area contributed by atoms with Crippen LogP contribution in [0.25, 0.3) is 0 Å². The second-order valence-electron chi connectivity index (χ2n) is 11.1. The van der Waals surface area contributed by atoms with Gasteiger partial charge in [-0.25, -0.2) is 17.2 Å². The van der Waals surface area contributed by atoms with Crippen LogP contribution in [0.1, 0.15) is 55.1 Å². The van der Waals surface area contributed by atoms with Crippen LogP contribution >= 0.6 is 11.6 Å². The lowest BCUT2D eigenvalue weighted by Gasteiger charge is -2.34. The molecule has 3 atom stereocenters. The number of sulfone groups is 1. The summed E-state index contributed by atoms with van der Waals surface area (Å²) in [6, 6.07) is 17.1. The number of allylic oxidation sites excluding steroid dienone is 2. The fourth-order valence-electron chi connectivity index (χ4n) is 5.00. The van der Waals surface area contributed by atoms with Crippen LogP contribution in [0.4, 0.5) is 8.78 Å². The summed E-state index contributed by atoms with van der Waals surface area (Å²) < 4.78 is 69.4. The molecule has 0 saturated carbocycles. The van der Waals surface area contributed by atoms with Gasteiger partial charge >= 0.3 is 0 Å². The normalized spacial score (nSPS) is 18.5. The first kappa shape index (κ1) is 35.1. The van der Waals surface area contributed by atoms with Gasteiger partial charge < -0.3 is 14.4 Å². The number of alkyl halides is 1. The summed E-state index contributed by atoms with van der Waals surface area (Å²) in [7, 11) is -2.88. The summed E-state index contributed by atoms with van der Waals surface area (Å²) >= 11 is 5.90. The Morgan fingerprint density at radius 1 is 1.02 bits per heavy atom. The number of para-hydroxylation sites is 1. The van der Waals surface area contributed by atoms with Crippen molar-refractivity contribution >= 4 is 27.3 Å². The Labute approximate surface area is 274 Å². The largest absolute Gasteiger partial charge is 0.494 e. The highest BCUT2D eigenvalue weighted by Gasteiger charge is 2.51. The number of unbranched alkanes of at least 4 members (excludes halogenated alkanes) is 1. The molecule has 1 N–H and O–H groups in total. The van der Waals surface area contributed by atoms with E-state index in [0.29, 0.717) is 41.5 Å². The Morgan fingerprint density at radius 2 is 1.70 bits per heavy atom. The van der Waals surface area contributed by atoms with E-state index in [1.807, 2.05) is 0 Å². The van der Waals surface area contributed by atoms with Crippen molar-refractivity contribution in [1.29, 1.82) is 0 Å². The predicted octanol–water partition coefficient (Wildman–Crippen LogP) is 7.64. The number of halogens is 3. The first-order chi connectivity index (χ1) is 22.0. The Bertz CT molecular complexity index is 1650. The molecule has 1 aliphatic rings. The highest BCUT2D eigenvalue weighted by atomic mass is 35.5. The highest BCUT2D eigenvalue weighted by molar-refractivity contribution is 7.93. The molecule has 0 radical (unpaired) electrons. The van der Waals surface area contributed by atoms with E-state index in [1.54, 1.807) is 67.4 Å². The van der Waals surface area contributed by atoms with Crippen molar-refractivity contribution in [2.24, 2.45) is 0 Å². The SMILES string of the molecule is CCCCOc1ccc(C(=O)N(C)CCCOc2ccccc2C(C)NC2C=C(F)C=CC2(F)S(=O)(=O)c2ccc(Cl)cc2)cc1. The van der Waals surface area contributed by atoms with Crippen LogP contribution in [0.2, 0.25) is 5.02 Å². The number of hydrogen-bond donors (Lipinski definition) is 1. The number of rotatable bonds is 15. The van der Waals surface area contributed by atoms with Crippen LogP contribution in [0.5, 0.6) is 11.5 Å². The van der Waals surface area contributed by atoms with Crippen molar-refractivity contribution < 1.29 is 31.5 Å². The lowest BCUT2D eigenvalue weighted by molar-refractivity contribution is 0.0787. The summed E-state index contributed by atoms with van der Waals surface area (Å²) in [5, 5.41) is 0.281. The zero-order valence-electron chi connectivity index (χ0n) is 26.1. The molecule has 3 aromatic rings. The van der Waals surface area contributed by atoms with E-state index in [4.69, 9.17) is 21.1 Å². The van der Waals surface area contributed by atoms with Gasteiger partial charge in [0, 0.05) is 35.8 Å². The predicted molar refractivity (Wildman–Crippen MR) is 177 cm³/mol. The maximum absolute atomic E-state index is 16.5. The molecule has 0 fully saturated rings. The van der Waals surface area contributed by atoms with E-state index in [-0.39, 0.29) is 17.4 Å². The Balaban J connectivity index is 1.37. The van der Waals surface area contributed by atoms with Crippen LogP contribution in [0.15, 0.2) is 102 Å². The summed E-state index contributed by atoms with van der Waals surface area (Å²) in [5.41, 5.74) is 1.18.